The molecule has 3 saturated heterocycles. The third kappa shape index (κ3) is 28.8. The third-order valence-electron chi connectivity index (χ3n) is 19.2. The second kappa shape index (κ2) is 45.7. The molecule has 634 valence electrons. The summed E-state index contributed by atoms with van der Waals surface area (Å²) in [5, 5.41) is 13.8. The quantitative estimate of drug-likeness (QED) is 0.0365. The molecule has 9 amide bonds. The Morgan fingerprint density at radius 1 is 0.397 bits per heavy atom. The molecule has 0 spiro atoms. The molecule has 34 heteroatoms. The van der Waals surface area contributed by atoms with E-state index in [-0.39, 0.29) is 156 Å². The van der Waals surface area contributed by atoms with Gasteiger partial charge in [-0.25, -0.2) is 27.2 Å². The minimum absolute atomic E-state index is 0. The van der Waals surface area contributed by atoms with Crippen molar-refractivity contribution in [1.82, 2.24) is 44.9 Å². The van der Waals surface area contributed by atoms with Gasteiger partial charge in [0.2, 0.25) is 17.7 Å². The SMILES string of the molecule is CC(C)(C)OC(=O)NC/C(=C\F)COc1ccc2c(c1)CCN(CC(=O)N1CCCC1)C2=O.CC(C)(C)OC(=O)NC/C(=C\F)COc1ccc2c(c1)CCN(CC(=O)O)C2=O.Cl.Cl.NC/C(=C\F)COc1ccc2c(c1)CCN(CC(=O)N1CCCC1)C2=O.NC/C(=C\F)COc1ccc2c(c1)CCN(CC(=O)N1CCCC1)C2=O. The number of hydrogen-bond acceptors (Lipinski definition) is 18. The largest absolute Gasteiger partial charge is 0.489 e. The Bertz CT molecular complexity index is 4110. The average Bonchev–Trinajstić information content (AvgIpc) is 1.84. The molecule has 0 aliphatic carbocycles. The smallest absolute Gasteiger partial charge is 0.407 e. The predicted molar refractivity (Wildman–Crippen MR) is 429 cm³/mol. The molecule has 0 radical (unpaired) electrons. The molecule has 28 nitrogen and oxygen atoms in total. The average molecular weight is 1670 g/mol. The number of carbonyl (C=O) groups excluding carboxylic acids is 9. The van der Waals surface area contributed by atoms with Crippen molar-refractivity contribution in [1.29, 1.82) is 0 Å². The summed E-state index contributed by atoms with van der Waals surface area (Å²) >= 11 is 0. The Morgan fingerprint density at radius 3 is 0.862 bits per heavy atom. The highest BCUT2D eigenvalue weighted by atomic mass is 35.5. The van der Waals surface area contributed by atoms with E-state index in [1.165, 1.54) is 4.90 Å². The first-order valence-electron chi connectivity index (χ1n) is 38.2. The van der Waals surface area contributed by atoms with Crippen LogP contribution in [0.2, 0.25) is 0 Å². The first kappa shape index (κ1) is 94.4. The van der Waals surface area contributed by atoms with Crippen LogP contribution in [0.25, 0.3) is 0 Å². The fourth-order valence-electron chi connectivity index (χ4n) is 13.1. The lowest BCUT2D eigenvalue weighted by Gasteiger charge is -2.29. The number of fused-ring (bicyclic) bond motifs is 4. The van der Waals surface area contributed by atoms with Crippen LogP contribution in [-0.2, 0) is 54.3 Å². The molecule has 0 unspecified atom stereocenters. The number of ether oxygens (including phenoxy) is 6. The third-order valence-corrected chi connectivity index (χ3v) is 19.2. The van der Waals surface area contributed by atoms with E-state index in [2.05, 4.69) is 10.6 Å². The van der Waals surface area contributed by atoms with Crippen molar-refractivity contribution in [2.24, 2.45) is 11.5 Å². The zero-order valence-electron chi connectivity index (χ0n) is 66.5. The van der Waals surface area contributed by atoms with Gasteiger partial charge in [0.15, 0.2) is 0 Å². The van der Waals surface area contributed by atoms with Gasteiger partial charge < -0.3 is 89.9 Å². The summed E-state index contributed by atoms with van der Waals surface area (Å²) in [4.78, 5) is 133. The molecule has 0 saturated carbocycles. The van der Waals surface area contributed by atoms with Crippen molar-refractivity contribution in [3.8, 4) is 23.0 Å². The zero-order chi connectivity index (χ0) is 82.7. The molecule has 7 N–H and O–H groups in total. The number of likely N-dealkylation sites (tertiary alicyclic amines) is 3. The second-order valence-electron chi connectivity index (χ2n) is 30.2. The Hall–Kier alpha value is -10.4. The predicted octanol–water partition coefficient (Wildman–Crippen LogP) is 9.43. The number of halogens is 6. The lowest BCUT2D eigenvalue weighted by atomic mass is 9.98. The van der Waals surface area contributed by atoms with Crippen LogP contribution in [0, 0.1) is 0 Å². The number of nitrogens with one attached hydrogen (secondary N) is 2. The van der Waals surface area contributed by atoms with Gasteiger partial charge in [-0.2, -0.15) is 0 Å². The number of carboxylic acid groups (broad SMARTS) is 1. The van der Waals surface area contributed by atoms with E-state index in [1.54, 1.807) is 129 Å². The number of carbonyl (C=O) groups is 10. The van der Waals surface area contributed by atoms with E-state index < -0.39 is 29.4 Å². The molecule has 7 aliphatic heterocycles. The van der Waals surface area contributed by atoms with Gasteiger partial charge in [0.25, 0.3) is 23.6 Å². The molecule has 3 fully saturated rings. The van der Waals surface area contributed by atoms with Crippen LogP contribution in [0.3, 0.4) is 0 Å². The maximum atomic E-state index is 13.2. The van der Waals surface area contributed by atoms with Gasteiger partial charge >= 0.3 is 18.2 Å². The lowest BCUT2D eigenvalue weighted by Crippen LogP contribution is -2.45. The number of nitrogens with two attached hydrogens (primary N) is 2. The minimum Gasteiger partial charge on any atom is -0.489 e. The minimum atomic E-state index is -1.06. The van der Waals surface area contributed by atoms with Gasteiger partial charge in [-0.05, 0) is 201 Å². The number of hydrogen-bond donors (Lipinski definition) is 5. The number of amides is 9. The Balaban J connectivity index is 0.000000240. The molecule has 0 bridgehead atoms. The van der Waals surface area contributed by atoms with Crippen LogP contribution < -0.4 is 41.0 Å². The standard InChI is InChI=1S/C24H32FN3O5.C20H25FN2O6.2C19H24FN3O3.2ClH/c1-24(2,3)33-23(31)26-14-17(13-25)16-32-19-6-7-20-18(12-19)8-11-28(22(20)30)15-21(29)27-9-4-5-10-27;1-20(2,3)29-19(27)22-10-13(9-21)12-28-15-4-5-16-14(8-15)6-7-23(18(16)26)11-17(24)25;2*20-10-14(11-21)13-26-16-3-4-17-15(9-16)5-8-23(19(17)25)12-18(24)22-6-1-2-7-22;;/h6-7,12-13H,4-5,8-11,14-16H2,1-3H3,(H,26,31);4-5,8-9H,6-7,10-12H2,1-3H3,(H,22,27)(H,24,25);2*3-4,9-10H,1-2,5-8,11-13,21H2;2*1H/b17-13+;13-9+;2*14-10+;;. The van der Waals surface area contributed by atoms with Crippen LogP contribution >= 0.6 is 24.8 Å². The number of benzene rings is 4. The second-order valence-corrected chi connectivity index (χ2v) is 30.2. The molecular formula is C82H107Cl2F4N11O17. The summed E-state index contributed by atoms with van der Waals surface area (Å²) in [6.07, 6.45) is 8.98. The molecule has 7 heterocycles. The highest BCUT2D eigenvalue weighted by Crippen LogP contribution is 2.30. The normalized spacial score (nSPS) is 16.1. The summed E-state index contributed by atoms with van der Waals surface area (Å²) in [5.41, 5.74) is 16.2. The highest BCUT2D eigenvalue weighted by Gasteiger charge is 2.34. The van der Waals surface area contributed by atoms with Gasteiger partial charge in [-0.1, -0.05) is 0 Å². The van der Waals surface area contributed by atoms with E-state index >= 15 is 0 Å². The van der Waals surface area contributed by atoms with Crippen molar-refractivity contribution in [2.45, 2.75) is 117 Å². The van der Waals surface area contributed by atoms with E-state index in [1.807, 2.05) is 14.7 Å². The van der Waals surface area contributed by atoms with Crippen molar-refractivity contribution < 1.29 is 99.0 Å². The summed E-state index contributed by atoms with van der Waals surface area (Å²) in [5.74, 6) is 0.303. The van der Waals surface area contributed by atoms with Gasteiger partial charge in [-0.3, -0.25) is 38.4 Å². The Labute approximate surface area is 685 Å². The topological polar surface area (TPSA) is 345 Å². The van der Waals surface area contributed by atoms with Gasteiger partial charge in [0.05, 0.1) is 25.3 Å². The molecule has 116 heavy (non-hydrogen) atoms. The van der Waals surface area contributed by atoms with Crippen LogP contribution in [0.1, 0.15) is 144 Å². The van der Waals surface area contributed by atoms with Crippen molar-refractivity contribution in [2.75, 3.05) is 144 Å². The summed E-state index contributed by atoms with van der Waals surface area (Å²) < 4.78 is 83.9. The number of nitrogens with zero attached hydrogens (tertiary/aromatic N) is 7. The highest BCUT2D eigenvalue weighted by molar-refractivity contribution is 6.01. The summed E-state index contributed by atoms with van der Waals surface area (Å²) in [6.45, 7) is 17.0. The van der Waals surface area contributed by atoms with E-state index in [4.69, 9.17) is 45.0 Å². The fraction of sp³-hybridized carbons (Fsp3) is 0.488. The molecule has 0 aromatic heterocycles. The van der Waals surface area contributed by atoms with E-state index in [0.29, 0.717) is 134 Å². The molecule has 4 aromatic carbocycles. The number of rotatable bonds is 26. The number of aliphatic carboxylic acids is 1. The number of carboxylic acids is 1. The lowest BCUT2D eigenvalue weighted by molar-refractivity contribution is -0.138. The van der Waals surface area contributed by atoms with Crippen molar-refractivity contribution in [3.05, 3.63) is 165 Å². The maximum Gasteiger partial charge on any atom is 0.407 e. The molecule has 0 atom stereocenters. The van der Waals surface area contributed by atoms with Gasteiger partial charge in [0.1, 0.15) is 86.8 Å². The molecular weight excluding hydrogens is 1560 g/mol. The Kier molecular flexibility index (Phi) is 37.2. The van der Waals surface area contributed by atoms with Crippen LogP contribution in [0.5, 0.6) is 23.0 Å². The first-order chi connectivity index (χ1) is 54.5. The van der Waals surface area contributed by atoms with Crippen molar-refractivity contribution in [3.63, 3.8) is 0 Å². The van der Waals surface area contributed by atoms with E-state index in [9.17, 15) is 65.5 Å². The van der Waals surface area contributed by atoms with Gasteiger partial charge in [-0.15, -0.1) is 24.8 Å². The molecule has 4 aromatic rings. The molecule has 11 rings (SSSR count). The summed E-state index contributed by atoms with van der Waals surface area (Å²) in [6, 6.07) is 20.3. The Morgan fingerprint density at radius 2 is 0.638 bits per heavy atom. The number of alkyl carbamates (subject to hydrolysis) is 2. The monoisotopic (exact) mass is 1660 g/mol. The van der Waals surface area contributed by atoms with Crippen LogP contribution in [0.15, 0.2) is 120 Å². The van der Waals surface area contributed by atoms with Gasteiger partial charge in [0, 0.05) is 136 Å². The van der Waals surface area contributed by atoms with Crippen molar-refractivity contribution >= 4 is 84.3 Å². The van der Waals surface area contributed by atoms with Crippen LogP contribution in [-0.4, -0.2) is 254 Å². The molecule has 7 aliphatic rings. The summed E-state index contributed by atoms with van der Waals surface area (Å²) in [7, 11) is 0. The zero-order valence-corrected chi connectivity index (χ0v) is 68.1. The van der Waals surface area contributed by atoms with Crippen LogP contribution in [0.4, 0.5) is 27.2 Å². The fourth-order valence-corrected chi connectivity index (χ4v) is 13.1. The first-order valence-corrected chi connectivity index (χ1v) is 38.2. The van der Waals surface area contributed by atoms with E-state index in [0.717, 1.165) is 100 Å². The maximum absolute atomic E-state index is 13.2.